The second-order valence-corrected chi connectivity index (χ2v) is 5.23. The summed E-state index contributed by atoms with van der Waals surface area (Å²) in [4.78, 5) is 12.1. The number of benzene rings is 2. The molecule has 1 nitrogen and oxygen atoms in total. The van der Waals surface area contributed by atoms with Gasteiger partial charge in [-0.2, -0.15) is 0 Å². The van der Waals surface area contributed by atoms with Crippen molar-refractivity contribution in [2.75, 3.05) is 0 Å². The third-order valence-corrected chi connectivity index (χ3v) is 3.87. The number of hydrogen-bond donors (Lipinski definition) is 0. The Hall–Kier alpha value is -1.89. The molecule has 2 aromatic rings. The van der Waals surface area contributed by atoms with Crippen molar-refractivity contribution < 1.29 is 4.79 Å². The van der Waals surface area contributed by atoms with Crippen LogP contribution in [0.3, 0.4) is 0 Å². The first kappa shape index (κ1) is 12.2. The number of rotatable bonds is 4. The Bertz CT molecular complexity index is 625. The lowest BCUT2D eigenvalue weighted by molar-refractivity contribution is 0.0979. The molecule has 1 heteroatoms. The van der Waals surface area contributed by atoms with Crippen LogP contribution in [0.4, 0.5) is 0 Å². The van der Waals surface area contributed by atoms with Crippen LogP contribution in [0, 0.1) is 0 Å². The Kier molecular flexibility index (Phi) is 3.20. The Labute approximate surface area is 114 Å². The van der Waals surface area contributed by atoms with Crippen LogP contribution in [0.1, 0.15) is 47.7 Å². The molecular formula is C18H18O. The first-order valence-corrected chi connectivity index (χ1v) is 7.04. The van der Waals surface area contributed by atoms with Crippen molar-refractivity contribution in [3.63, 3.8) is 0 Å². The lowest BCUT2D eigenvalue weighted by Gasteiger charge is -2.04. The summed E-state index contributed by atoms with van der Waals surface area (Å²) in [5.74, 6) is 0.278. The van der Waals surface area contributed by atoms with Crippen molar-refractivity contribution in [3.05, 3.63) is 59.2 Å². The monoisotopic (exact) mass is 250 g/mol. The molecule has 96 valence electrons. The third kappa shape index (κ3) is 2.21. The average Bonchev–Trinajstić information content (AvgIpc) is 2.82. The van der Waals surface area contributed by atoms with Gasteiger partial charge in [0.25, 0.3) is 0 Å². The van der Waals surface area contributed by atoms with E-state index in [9.17, 15) is 4.79 Å². The summed E-state index contributed by atoms with van der Waals surface area (Å²) in [6.45, 7) is 2.12. The zero-order chi connectivity index (χ0) is 13.2. The van der Waals surface area contributed by atoms with Gasteiger partial charge < -0.3 is 0 Å². The van der Waals surface area contributed by atoms with Gasteiger partial charge >= 0.3 is 0 Å². The van der Waals surface area contributed by atoms with E-state index in [4.69, 9.17) is 0 Å². The number of fused-ring (bicyclic) bond motifs is 3. The molecule has 3 rings (SSSR count). The van der Waals surface area contributed by atoms with Crippen LogP contribution < -0.4 is 0 Å². The maximum absolute atomic E-state index is 12.1. The molecule has 0 aromatic heterocycles. The Morgan fingerprint density at radius 3 is 2.68 bits per heavy atom. The number of Topliss-reactive ketones (excluding diaryl/α,β-unsaturated/α-hetero) is 1. The van der Waals surface area contributed by atoms with E-state index in [0.29, 0.717) is 6.42 Å². The van der Waals surface area contributed by atoms with Crippen molar-refractivity contribution in [3.8, 4) is 11.1 Å². The van der Waals surface area contributed by atoms with Gasteiger partial charge in [-0.25, -0.2) is 0 Å². The summed E-state index contributed by atoms with van der Waals surface area (Å²) in [6.07, 6.45) is 3.68. The van der Waals surface area contributed by atoms with E-state index in [0.717, 1.165) is 24.8 Å². The quantitative estimate of drug-likeness (QED) is 0.617. The number of ketones is 1. The van der Waals surface area contributed by atoms with E-state index in [1.54, 1.807) is 0 Å². The van der Waals surface area contributed by atoms with Gasteiger partial charge in [0.05, 0.1) is 0 Å². The Balaban J connectivity index is 1.91. The van der Waals surface area contributed by atoms with Crippen LogP contribution >= 0.6 is 0 Å². The second-order valence-electron chi connectivity index (χ2n) is 5.23. The van der Waals surface area contributed by atoms with Crippen LogP contribution in [0.5, 0.6) is 0 Å². The molecule has 0 saturated heterocycles. The van der Waals surface area contributed by atoms with E-state index < -0.39 is 0 Å². The lowest BCUT2D eigenvalue weighted by atomic mass is 9.99. The maximum Gasteiger partial charge on any atom is 0.162 e. The van der Waals surface area contributed by atoms with Crippen LogP contribution in [-0.2, 0) is 6.42 Å². The van der Waals surface area contributed by atoms with Crippen molar-refractivity contribution in [1.29, 1.82) is 0 Å². The average molecular weight is 250 g/mol. The molecule has 0 aliphatic heterocycles. The van der Waals surface area contributed by atoms with Crippen molar-refractivity contribution in [2.45, 2.75) is 32.6 Å². The largest absolute Gasteiger partial charge is 0.294 e. The SMILES string of the molecule is CCCCC(=O)c1ccc2c(c1)Cc1ccccc1-2. The Morgan fingerprint density at radius 2 is 1.84 bits per heavy atom. The molecule has 0 fully saturated rings. The Morgan fingerprint density at radius 1 is 1.05 bits per heavy atom. The van der Waals surface area contributed by atoms with Gasteiger partial charge in [0.2, 0.25) is 0 Å². The molecule has 0 spiro atoms. The lowest BCUT2D eigenvalue weighted by Crippen LogP contribution is -1.99. The van der Waals surface area contributed by atoms with Gasteiger partial charge in [0, 0.05) is 12.0 Å². The van der Waals surface area contributed by atoms with E-state index in [1.165, 1.54) is 22.3 Å². The molecule has 0 unspecified atom stereocenters. The molecule has 0 atom stereocenters. The topological polar surface area (TPSA) is 17.1 Å². The maximum atomic E-state index is 12.1. The molecular weight excluding hydrogens is 232 g/mol. The van der Waals surface area contributed by atoms with Gasteiger partial charge in [0.1, 0.15) is 0 Å². The van der Waals surface area contributed by atoms with E-state index >= 15 is 0 Å². The first-order valence-electron chi connectivity index (χ1n) is 7.04. The standard InChI is InChI=1S/C18H18O/c1-2-3-8-18(19)14-9-10-17-15(12-14)11-13-6-4-5-7-16(13)17/h4-7,9-10,12H,2-3,8,11H2,1H3. The summed E-state index contributed by atoms with van der Waals surface area (Å²) in [7, 11) is 0. The first-order chi connectivity index (χ1) is 9.29. The number of carbonyl (C=O) groups excluding carboxylic acids is 1. The summed E-state index contributed by atoms with van der Waals surface area (Å²) in [6, 6.07) is 14.7. The summed E-state index contributed by atoms with van der Waals surface area (Å²) >= 11 is 0. The van der Waals surface area contributed by atoms with Crippen LogP contribution in [0.25, 0.3) is 11.1 Å². The molecule has 2 aromatic carbocycles. The highest BCUT2D eigenvalue weighted by Crippen LogP contribution is 2.36. The van der Waals surface area contributed by atoms with Gasteiger partial charge in [-0.3, -0.25) is 4.79 Å². The zero-order valence-corrected chi connectivity index (χ0v) is 11.3. The molecule has 1 aliphatic rings. The van der Waals surface area contributed by atoms with Gasteiger partial charge in [-0.15, -0.1) is 0 Å². The summed E-state index contributed by atoms with van der Waals surface area (Å²) < 4.78 is 0. The summed E-state index contributed by atoms with van der Waals surface area (Å²) in [5, 5.41) is 0. The fourth-order valence-electron chi connectivity index (χ4n) is 2.80. The number of unbranched alkanes of at least 4 members (excludes halogenated alkanes) is 1. The van der Waals surface area contributed by atoms with E-state index in [-0.39, 0.29) is 5.78 Å². The van der Waals surface area contributed by atoms with Gasteiger partial charge in [0.15, 0.2) is 5.78 Å². The predicted octanol–water partition coefficient (Wildman–Crippen LogP) is 4.63. The molecule has 0 radical (unpaired) electrons. The second kappa shape index (κ2) is 5.00. The fraction of sp³-hybridized carbons (Fsp3) is 0.278. The van der Waals surface area contributed by atoms with Crippen LogP contribution in [-0.4, -0.2) is 5.78 Å². The van der Waals surface area contributed by atoms with Crippen molar-refractivity contribution >= 4 is 5.78 Å². The molecule has 0 N–H and O–H groups in total. The highest BCUT2D eigenvalue weighted by atomic mass is 16.1. The van der Waals surface area contributed by atoms with Crippen molar-refractivity contribution in [2.24, 2.45) is 0 Å². The molecule has 0 heterocycles. The van der Waals surface area contributed by atoms with Gasteiger partial charge in [-0.1, -0.05) is 49.7 Å². The predicted molar refractivity (Wildman–Crippen MR) is 78.5 cm³/mol. The van der Waals surface area contributed by atoms with E-state index in [2.05, 4.69) is 43.3 Å². The molecule has 0 saturated carbocycles. The minimum Gasteiger partial charge on any atom is -0.294 e. The smallest absolute Gasteiger partial charge is 0.162 e. The van der Waals surface area contributed by atoms with Crippen molar-refractivity contribution in [1.82, 2.24) is 0 Å². The normalized spacial score (nSPS) is 12.1. The fourth-order valence-corrected chi connectivity index (χ4v) is 2.80. The summed E-state index contributed by atoms with van der Waals surface area (Å²) in [5.41, 5.74) is 6.16. The van der Waals surface area contributed by atoms with Crippen LogP contribution in [0.15, 0.2) is 42.5 Å². The van der Waals surface area contributed by atoms with Gasteiger partial charge in [-0.05, 0) is 41.2 Å². The van der Waals surface area contributed by atoms with Crippen LogP contribution in [0.2, 0.25) is 0 Å². The molecule has 0 amide bonds. The minimum absolute atomic E-state index is 0.278. The third-order valence-electron chi connectivity index (χ3n) is 3.87. The highest BCUT2D eigenvalue weighted by Gasteiger charge is 2.18. The molecule has 0 bridgehead atoms. The number of carbonyl (C=O) groups is 1. The zero-order valence-electron chi connectivity index (χ0n) is 11.3. The molecule has 19 heavy (non-hydrogen) atoms. The van der Waals surface area contributed by atoms with E-state index in [1.807, 2.05) is 6.07 Å². The molecule has 1 aliphatic carbocycles. The number of hydrogen-bond acceptors (Lipinski definition) is 1. The highest BCUT2D eigenvalue weighted by molar-refractivity contribution is 5.97. The minimum atomic E-state index is 0.278.